The first kappa shape index (κ1) is 15.5. The Hall–Kier alpha value is -1.86. The molecule has 0 fully saturated rings. The van der Waals surface area contributed by atoms with Crippen LogP contribution in [0.5, 0.6) is 0 Å². The highest BCUT2D eigenvalue weighted by atomic mass is 79.9. The van der Waals surface area contributed by atoms with E-state index in [0.29, 0.717) is 15.1 Å². The van der Waals surface area contributed by atoms with E-state index in [9.17, 15) is 14.7 Å². The van der Waals surface area contributed by atoms with Crippen molar-refractivity contribution in [3.05, 3.63) is 51.2 Å². The Labute approximate surface area is 133 Å². The van der Waals surface area contributed by atoms with Gasteiger partial charge in [0.2, 0.25) is 0 Å². The number of rotatable bonds is 4. The van der Waals surface area contributed by atoms with Gasteiger partial charge in [0, 0.05) is 33.9 Å². The summed E-state index contributed by atoms with van der Waals surface area (Å²) in [6.07, 6.45) is 2.93. The molecular formula is C13H11BrClN3O3. The molecule has 1 unspecified atom stereocenters. The fourth-order valence-corrected chi connectivity index (χ4v) is 2.64. The number of nitrogens with one attached hydrogen (secondary N) is 1. The standard InChI is InChI=1S/C13H11BrClN3O3/c1-18-6-8(5-16-18)11(13(20)21)17-12(19)7-2-9(14)4-10(15)3-7/h2-6,11H,1H3,(H,17,19)(H,20,21). The van der Waals surface area contributed by atoms with Crippen molar-refractivity contribution in [1.29, 1.82) is 0 Å². The van der Waals surface area contributed by atoms with Crippen LogP contribution in [0.3, 0.4) is 0 Å². The third kappa shape index (κ3) is 3.83. The molecular weight excluding hydrogens is 362 g/mol. The molecule has 110 valence electrons. The Morgan fingerprint density at radius 2 is 2.14 bits per heavy atom. The van der Waals surface area contributed by atoms with E-state index in [4.69, 9.17) is 11.6 Å². The zero-order valence-corrected chi connectivity index (χ0v) is 13.2. The number of carboxylic acids is 1. The van der Waals surface area contributed by atoms with Crippen molar-refractivity contribution >= 4 is 39.4 Å². The predicted molar refractivity (Wildman–Crippen MR) is 80.2 cm³/mol. The van der Waals surface area contributed by atoms with Crippen LogP contribution in [0, 0.1) is 0 Å². The van der Waals surface area contributed by atoms with Gasteiger partial charge in [-0.25, -0.2) is 4.79 Å². The summed E-state index contributed by atoms with van der Waals surface area (Å²) in [4.78, 5) is 23.5. The largest absolute Gasteiger partial charge is 0.479 e. The van der Waals surface area contributed by atoms with E-state index in [1.165, 1.54) is 23.1 Å². The molecule has 2 rings (SSSR count). The van der Waals surface area contributed by atoms with E-state index in [0.717, 1.165) is 0 Å². The first-order valence-electron chi connectivity index (χ1n) is 5.85. The van der Waals surface area contributed by atoms with E-state index in [-0.39, 0.29) is 5.56 Å². The van der Waals surface area contributed by atoms with Crippen molar-refractivity contribution in [2.75, 3.05) is 0 Å². The average molecular weight is 373 g/mol. The number of halogens is 2. The summed E-state index contributed by atoms with van der Waals surface area (Å²) < 4.78 is 2.10. The SMILES string of the molecule is Cn1cc(C(NC(=O)c2cc(Cl)cc(Br)c2)C(=O)O)cn1. The zero-order valence-electron chi connectivity index (χ0n) is 10.9. The van der Waals surface area contributed by atoms with Crippen molar-refractivity contribution in [2.45, 2.75) is 6.04 Å². The van der Waals surface area contributed by atoms with Crippen LogP contribution in [0.1, 0.15) is 22.0 Å². The highest BCUT2D eigenvalue weighted by Gasteiger charge is 2.24. The number of hydrogen-bond acceptors (Lipinski definition) is 3. The molecule has 1 aromatic heterocycles. The van der Waals surface area contributed by atoms with Gasteiger partial charge in [0.05, 0.1) is 6.20 Å². The van der Waals surface area contributed by atoms with Crippen molar-refractivity contribution in [3.63, 3.8) is 0 Å². The average Bonchev–Trinajstić information content (AvgIpc) is 2.80. The van der Waals surface area contributed by atoms with E-state index in [2.05, 4.69) is 26.3 Å². The highest BCUT2D eigenvalue weighted by Crippen LogP contribution is 2.20. The van der Waals surface area contributed by atoms with Crippen LogP contribution in [-0.4, -0.2) is 26.8 Å². The first-order chi connectivity index (χ1) is 9.86. The monoisotopic (exact) mass is 371 g/mol. The van der Waals surface area contributed by atoms with Crippen molar-refractivity contribution in [3.8, 4) is 0 Å². The third-order valence-electron chi connectivity index (χ3n) is 2.71. The Balaban J connectivity index is 2.24. The first-order valence-corrected chi connectivity index (χ1v) is 7.02. The number of aliphatic carboxylic acids is 1. The fourth-order valence-electron chi connectivity index (χ4n) is 1.78. The molecule has 0 saturated carbocycles. The van der Waals surface area contributed by atoms with Crippen LogP contribution in [-0.2, 0) is 11.8 Å². The molecule has 0 aliphatic carbocycles. The van der Waals surface area contributed by atoms with Gasteiger partial charge in [-0.3, -0.25) is 9.48 Å². The molecule has 0 bridgehead atoms. The van der Waals surface area contributed by atoms with Gasteiger partial charge in [0.25, 0.3) is 5.91 Å². The van der Waals surface area contributed by atoms with Crippen LogP contribution in [0.25, 0.3) is 0 Å². The van der Waals surface area contributed by atoms with Gasteiger partial charge >= 0.3 is 5.97 Å². The topological polar surface area (TPSA) is 84.2 Å². The van der Waals surface area contributed by atoms with Gasteiger partial charge in [0.1, 0.15) is 0 Å². The van der Waals surface area contributed by atoms with Crippen molar-refractivity contribution in [2.24, 2.45) is 7.05 Å². The minimum atomic E-state index is -1.18. The smallest absolute Gasteiger partial charge is 0.331 e. The normalized spacial score (nSPS) is 12.0. The maximum Gasteiger partial charge on any atom is 0.331 e. The molecule has 2 N–H and O–H groups in total. The van der Waals surface area contributed by atoms with Gasteiger partial charge in [0.15, 0.2) is 6.04 Å². The lowest BCUT2D eigenvalue weighted by molar-refractivity contribution is -0.139. The Morgan fingerprint density at radius 1 is 1.43 bits per heavy atom. The van der Waals surface area contributed by atoms with Gasteiger partial charge in [-0.2, -0.15) is 5.10 Å². The number of carbonyl (C=O) groups excluding carboxylic acids is 1. The lowest BCUT2D eigenvalue weighted by atomic mass is 10.1. The second-order valence-electron chi connectivity index (χ2n) is 4.35. The quantitative estimate of drug-likeness (QED) is 0.863. The molecule has 1 atom stereocenters. The summed E-state index contributed by atoms with van der Waals surface area (Å²) in [5.74, 6) is -1.70. The molecule has 8 heteroatoms. The maximum absolute atomic E-state index is 12.2. The van der Waals surface area contributed by atoms with Crippen LogP contribution in [0.15, 0.2) is 35.1 Å². The van der Waals surface area contributed by atoms with Gasteiger partial charge in [-0.05, 0) is 18.2 Å². The number of carbonyl (C=O) groups is 2. The molecule has 0 aliphatic heterocycles. The van der Waals surface area contributed by atoms with E-state index in [1.807, 2.05) is 0 Å². The second-order valence-corrected chi connectivity index (χ2v) is 5.70. The van der Waals surface area contributed by atoms with Crippen LogP contribution < -0.4 is 5.32 Å². The molecule has 6 nitrogen and oxygen atoms in total. The second kappa shape index (κ2) is 6.28. The maximum atomic E-state index is 12.2. The zero-order chi connectivity index (χ0) is 15.6. The Morgan fingerprint density at radius 3 is 2.67 bits per heavy atom. The molecule has 0 saturated heterocycles. The predicted octanol–water partition coefficient (Wildman–Crippen LogP) is 2.39. The Bertz CT molecular complexity index is 681. The third-order valence-corrected chi connectivity index (χ3v) is 3.38. The summed E-state index contributed by atoms with van der Waals surface area (Å²) >= 11 is 9.10. The van der Waals surface area contributed by atoms with Gasteiger partial charge in [-0.1, -0.05) is 27.5 Å². The lowest BCUT2D eigenvalue weighted by Gasteiger charge is -2.13. The summed E-state index contributed by atoms with van der Waals surface area (Å²) in [5, 5.41) is 16.0. The summed E-state index contributed by atoms with van der Waals surface area (Å²) in [7, 11) is 1.66. The Kier molecular flexibility index (Phi) is 4.64. The molecule has 0 radical (unpaired) electrons. The number of benzene rings is 1. The number of aryl methyl sites for hydroxylation is 1. The van der Waals surface area contributed by atoms with E-state index >= 15 is 0 Å². The summed E-state index contributed by atoms with van der Waals surface area (Å²) in [6, 6.07) is 3.48. The van der Waals surface area contributed by atoms with Gasteiger partial charge in [-0.15, -0.1) is 0 Å². The molecule has 0 spiro atoms. The van der Waals surface area contributed by atoms with E-state index in [1.54, 1.807) is 19.2 Å². The summed E-state index contributed by atoms with van der Waals surface area (Å²) in [6.45, 7) is 0. The number of carboxylic acid groups (broad SMARTS) is 1. The molecule has 0 aliphatic rings. The highest BCUT2D eigenvalue weighted by molar-refractivity contribution is 9.10. The lowest BCUT2D eigenvalue weighted by Crippen LogP contribution is -2.33. The molecule has 21 heavy (non-hydrogen) atoms. The number of nitrogens with zero attached hydrogens (tertiary/aromatic N) is 2. The van der Waals surface area contributed by atoms with Crippen LogP contribution in [0.4, 0.5) is 0 Å². The van der Waals surface area contributed by atoms with Crippen molar-refractivity contribution in [1.82, 2.24) is 15.1 Å². The van der Waals surface area contributed by atoms with Crippen LogP contribution >= 0.6 is 27.5 Å². The molecule has 1 amide bonds. The van der Waals surface area contributed by atoms with Crippen LogP contribution in [0.2, 0.25) is 5.02 Å². The number of aromatic nitrogens is 2. The minimum Gasteiger partial charge on any atom is -0.479 e. The molecule has 2 aromatic rings. The van der Waals surface area contributed by atoms with E-state index < -0.39 is 17.9 Å². The molecule has 1 heterocycles. The fraction of sp³-hybridized carbons (Fsp3) is 0.154. The summed E-state index contributed by atoms with van der Waals surface area (Å²) in [5.41, 5.74) is 0.656. The van der Waals surface area contributed by atoms with Gasteiger partial charge < -0.3 is 10.4 Å². The number of hydrogen-bond donors (Lipinski definition) is 2. The van der Waals surface area contributed by atoms with Crippen molar-refractivity contribution < 1.29 is 14.7 Å². The number of amides is 1. The minimum absolute atomic E-state index is 0.268. The molecule has 1 aromatic carbocycles.